The molecule has 1 unspecified atom stereocenters. The minimum Gasteiger partial charge on any atom is -0.292 e. The Bertz CT molecular complexity index is 1060. The Balaban J connectivity index is 1.41. The van der Waals surface area contributed by atoms with E-state index in [1.165, 1.54) is 22.3 Å². The van der Waals surface area contributed by atoms with E-state index in [0.717, 1.165) is 32.6 Å². The molecule has 4 aromatic carbocycles. The third-order valence-electron chi connectivity index (χ3n) is 6.64. The zero-order valence-corrected chi connectivity index (χ0v) is 19.1. The van der Waals surface area contributed by atoms with Crippen molar-refractivity contribution in [2.75, 3.05) is 6.54 Å². The molecule has 0 amide bonds. The van der Waals surface area contributed by atoms with E-state index < -0.39 is 0 Å². The van der Waals surface area contributed by atoms with Gasteiger partial charge in [0.05, 0.1) is 0 Å². The Morgan fingerprint density at radius 1 is 0.576 bits per heavy atom. The second kappa shape index (κ2) is 10.6. The van der Waals surface area contributed by atoms with Crippen molar-refractivity contribution < 1.29 is 0 Å². The topological polar surface area (TPSA) is 6.25 Å². The van der Waals surface area contributed by atoms with Crippen molar-refractivity contribution in [3.63, 3.8) is 0 Å². The zero-order chi connectivity index (χ0) is 22.3. The van der Waals surface area contributed by atoms with Crippen LogP contribution in [0.1, 0.15) is 22.3 Å². The molecule has 3 atom stereocenters. The standard InChI is InChI=1S/C31H32N2/c1-5-13-26(14-6-1)21-30(31-25-33(31)24-29-19-11-4-12-20-29)32(22-27-15-7-2-8-16-27)23-28-17-9-3-10-18-28/h1-20,30-31H,21-25H2/t30-,31+,33?/m0/s1. The first-order valence-electron chi connectivity index (χ1n) is 12.0. The molecule has 0 aromatic heterocycles. The normalized spacial score (nSPS) is 18.2. The fraction of sp³-hybridized carbons (Fsp3) is 0.226. The van der Waals surface area contributed by atoms with Gasteiger partial charge in [-0.15, -0.1) is 0 Å². The minimum absolute atomic E-state index is 0.455. The number of hydrogen-bond acceptors (Lipinski definition) is 2. The van der Waals surface area contributed by atoms with Gasteiger partial charge in [-0.3, -0.25) is 9.80 Å². The van der Waals surface area contributed by atoms with Crippen LogP contribution in [0, 0.1) is 0 Å². The number of hydrogen-bond donors (Lipinski definition) is 0. The lowest BCUT2D eigenvalue weighted by molar-refractivity contribution is 0.159. The molecule has 5 rings (SSSR count). The second-order valence-corrected chi connectivity index (χ2v) is 9.12. The molecule has 0 bridgehead atoms. The average Bonchev–Trinajstić information content (AvgIpc) is 3.63. The van der Waals surface area contributed by atoms with Crippen LogP contribution in [-0.4, -0.2) is 28.4 Å². The monoisotopic (exact) mass is 432 g/mol. The molecule has 0 aliphatic carbocycles. The highest BCUT2D eigenvalue weighted by Crippen LogP contribution is 2.31. The molecular weight excluding hydrogens is 400 g/mol. The molecule has 1 aliphatic rings. The first-order chi connectivity index (χ1) is 16.3. The summed E-state index contributed by atoms with van der Waals surface area (Å²) in [6.45, 7) is 4.11. The van der Waals surface area contributed by atoms with E-state index in [-0.39, 0.29) is 0 Å². The highest BCUT2D eigenvalue weighted by Gasteiger charge is 2.42. The number of benzene rings is 4. The molecule has 1 saturated heterocycles. The van der Waals surface area contributed by atoms with E-state index in [9.17, 15) is 0 Å². The maximum atomic E-state index is 2.70. The van der Waals surface area contributed by atoms with Crippen molar-refractivity contribution >= 4 is 0 Å². The largest absolute Gasteiger partial charge is 0.292 e. The Kier molecular flexibility index (Phi) is 6.96. The maximum absolute atomic E-state index is 2.70. The summed E-state index contributed by atoms with van der Waals surface area (Å²) >= 11 is 0. The summed E-state index contributed by atoms with van der Waals surface area (Å²) in [5.41, 5.74) is 5.57. The van der Waals surface area contributed by atoms with Gasteiger partial charge in [0.2, 0.25) is 0 Å². The van der Waals surface area contributed by atoms with E-state index in [1.807, 2.05) is 0 Å². The van der Waals surface area contributed by atoms with Crippen LogP contribution in [-0.2, 0) is 26.1 Å². The molecule has 0 saturated carbocycles. The summed E-state index contributed by atoms with van der Waals surface area (Å²) in [6.07, 6.45) is 1.07. The quantitative estimate of drug-likeness (QED) is 0.276. The molecule has 0 radical (unpaired) electrons. The molecule has 1 heterocycles. The van der Waals surface area contributed by atoms with Crippen LogP contribution in [0.15, 0.2) is 121 Å². The van der Waals surface area contributed by atoms with Crippen LogP contribution < -0.4 is 0 Å². The fourth-order valence-corrected chi connectivity index (χ4v) is 4.85. The van der Waals surface area contributed by atoms with Crippen LogP contribution in [0.3, 0.4) is 0 Å². The van der Waals surface area contributed by atoms with Crippen LogP contribution in [0.2, 0.25) is 0 Å². The lowest BCUT2D eigenvalue weighted by atomic mass is 9.99. The summed E-state index contributed by atoms with van der Waals surface area (Å²) < 4.78 is 0. The molecule has 0 N–H and O–H groups in total. The molecule has 33 heavy (non-hydrogen) atoms. The summed E-state index contributed by atoms with van der Waals surface area (Å²) in [4.78, 5) is 5.33. The number of nitrogens with zero attached hydrogens (tertiary/aromatic N) is 2. The Hall–Kier alpha value is -3.20. The lowest BCUT2D eigenvalue weighted by Gasteiger charge is -2.33. The summed E-state index contributed by atoms with van der Waals surface area (Å²) in [6, 6.07) is 44.8. The fourth-order valence-electron chi connectivity index (χ4n) is 4.85. The van der Waals surface area contributed by atoms with Gasteiger partial charge in [0.15, 0.2) is 0 Å². The van der Waals surface area contributed by atoms with E-state index in [1.54, 1.807) is 0 Å². The van der Waals surface area contributed by atoms with Crippen LogP contribution >= 0.6 is 0 Å². The van der Waals surface area contributed by atoms with Crippen molar-refractivity contribution in [2.24, 2.45) is 0 Å². The first kappa shape index (κ1) is 21.6. The zero-order valence-electron chi connectivity index (χ0n) is 19.1. The van der Waals surface area contributed by atoms with E-state index in [4.69, 9.17) is 0 Å². The van der Waals surface area contributed by atoms with Crippen molar-refractivity contribution in [2.45, 2.75) is 38.1 Å². The molecule has 2 heteroatoms. The van der Waals surface area contributed by atoms with Gasteiger partial charge < -0.3 is 0 Å². The van der Waals surface area contributed by atoms with Crippen LogP contribution in [0.5, 0.6) is 0 Å². The summed E-state index contributed by atoms with van der Waals surface area (Å²) in [5.74, 6) is 0. The molecule has 4 aromatic rings. The lowest BCUT2D eigenvalue weighted by Crippen LogP contribution is -2.41. The molecular formula is C31H32N2. The third-order valence-corrected chi connectivity index (χ3v) is 6.64. The molecule has 1 fully saturated rings. The van der Waals surface area contributed by atoms with Crippen LogP contribution in [0.25, 0.3) is 0 Å². The van der Waals surface area contributed by atoms with Gasteiger partial charge in [-0.2, -0.15) is 0 Å². The average molecular weight is 433 g/mol. The van der Waals surface area contributed by atoms with Gasteiger partial charge >= 0.3 is 0 Å². The van der Waals surface area contributed by atoms with E-state index >= 15 is 0 Å². The van der Waals surface area contributed by atoms with Crippen molar-refractivity contribution in [3.8, 4) is 0 Å². The van der Waals surface area contributed by atoms with Crippen molar-refractivity contribution in [1.29, 1.82) is 0 Å². The molecule has 1 aliphatic heterocycles. The number of rotatable bonds is 10. The van der Waals surface area contributed by atoms with E-state index in [0.29, 0.717) is 12.1 Å². The van der Waals surface area contributed by atoms with Crippen molar-refractivity contribution in [1.82, 2.24) is 9.80 Å². The van der Waals surface area contributed by atoms with Gasteiger partial charge in [0.1, 0.15) is 0 Å². The third kappa shape index (κ3) is 5.98. The van der Waals surface area contributed by atoms with Gasteiger partial charge in [0.25, 0.3) is 0 Å². The molecule has 166 valence electrons. The van der Waals surface area contributed by atoms with Gasteiger partial charge in [0, 0.05) is 38.3 Å². The smallest absolute Gasteiger partial charge is 0.0386 e. The second-order valence-electron chi connectivity index (χ2n) is 9.12. The first-order valence-corrected chi connectivity index (χ1v) is 12.0. The highest BCUT2D eigenvalue weighted by molar-refractivity contribution is 5.22. The maximum Gasteiger partial charge on any atom is 0.0386 e. The van der Waals surface area contributed by atoms with E-state index in [2.05, 4.69) is 131 Å². The Labute approximate surface area is 198 Å². The Morgan fingerprint density at radius 3 is 1.48 bits per heavy atom. The highest BCUT2D eigenvalue weighted by atomic mass is 15.4. The SMILES string of the molecule is c1ccc(C[C@@H]([C@H]2CN2Cc2ccccc2)N(Cc2ccccc2)Cc2ccccc2)cc1. The van der Waals surface area contributed by atoms with Gasteiger partial charge in [-0.1, -0.05) is 121 Å². The minimum atomic E-state index is 0.455. The predicted molar refractivity (Wildman–Crippen MR) is 137 cm³/mol. The predicted octanol–water partition coefficient (Wildman–Crippen LogP) is 6.18. The van der Waals surface area contributed by atoms with Crippen LogP contribution in [0.4, 0.5) is 0 Å². The van der Waals surface area contributed by atoms with Gasteiger partial charge in [-0.25, -0.2) is 0 Å². The van der Waals surface area contributed by atoms with Gasteiger partial charge in [-0.05, 0) is 28.7 Å². The molecule has 0 spiro atoms. The molecule has 2 nitrogen and oxygen atoms in total. The Morgan fingerprint density at radius 2 is 1.00 bits per heavy atom. The summed E-state index contributed by atoms with van der Waals surface area (Å²) in [5, 5.41) is 0. The summed E-state index contributed by atoms with van der Waals surface area (Å²) in [7, 11) is 0. The van der Waals surface area contributed by atoms with Crippen molar-refractivity contribution in [3.05, 3.63) is 144 Å².